The van der Waals surface area contributed by atoms with Gasteiger partial charge < -0.3 is 14.8 Å². The number of likely N-dealkylation sites (tertiary alicyclic amines) is 1. The van der Waals surface area contributed by atoms with Crippen molar-refractivity contribution in [3.63, 3.8) is 0 Å². The number of hydrogen-bond acceptors (Lipinski definition) is 1. The first-order chi connectivity index (χ1) is 9.63. The molecule has 0 bridgehead atoms. The molecule has 4 heteroatoms. The number of aryl methyl sites for hydroxylation is 1. The molecule has 0 saturated carbocycles. The summed E-state index contributed by atoms with van der Waals surface area (Å²) in [6, 6.07) is 4.70. The average Bonchev–Trinajstić information content (AvgIpc) is 2.75. The number of hydrogen-bond donors (Lipinski definition) is 1. The normalized spacial score (nSPS) is 23.2. The highest BCUT2D eigenvalue weighted by Crippen LogP contribution is 2.32. The zero-order valence-electron chi connectivity index (χ0n) is 12.5. The lowest BCUT2D eigenvalue weighted by atomic mass is 10.0. The van der Waals surface area contributed by atoms with Crippen LogP contribution in [0, 0.1) is 5.92 Å². The van der Waals surface area contributed by atoms with Gasteiger partial charge in [0.25, 0.3) is 0 Å². The molecule has 1 aromatic heterocycles. The van der Waals surface area contributed by atoms with Gasteiger partial charge in [-0.05, 0) is 49.5 Å². The van der Waals surface area contributed by atoms with Crippen LogP contribution in [0.3, 0.4) is 0 Å². The molecule has 1 N–H and O–H groups in total. The van der Waals surface area contributed by atoms with Crippen molar-refractivity contribution in [2.24, 2.45) is 13.0 Å². The minimum atomic E-state index is 0.379. The van der Waals surface area contributed by atoms with E-state index in [0.717, 1.165) is 30.5 Å². The van der Waals surface area contributed by atoms with E-state index in [1.54, 1.807) is 0 Å². The Hall–Kier alpha value is -1.29. The van der Waals surface area contributed by atoms with Crippen molar-refractivity contribution in [2.45, 2.75) is 32.2 Å². The predicted octanol–water partition coefficient (Wildman–Crippen LogP) is 3.25. The number of thiocarbonyl (C=S) groups is 1. The summed E-state index contributed by atoms with van der Waals surface area (Å²) in [5, 5.41) is 4.14. The standard InChI is InChI=1S/C16H25N3S/c1-4-10-17-16(20)19-12-9-13(2)7-8-15(19)14-6-5-11-18(14)3/h4-6,11,13,15H,1,7-10,12H2,2-3H3,(H,17,20)/t13-,15+/m1/s1. The Morgan fingerprint density at radius 1 is 1.50 bits per heavy atom. The Balaban J connectivity index is 2.21. The predicted molar refractivity (Wildman–Crippen MR) is 88.7 cm³/mol. The van der Waals surface area contributed by atoms with Crippen LogP contribution in [0.4, 0.5) is 0 Å². The van der Waals surface area contributed by atoms with Crippen molar-refractivity contribution >= 4 is 17.3 Å². The number of rotatable bonds is 3. The summed E-state index contributed by atoms with van der Waals surface area (Å²) in [4.78, 5) is 2.36. The SMILES string of the molecule is C=CCNC(=S)N1CC[C@H](C)CC[C@H]1c1cccn1C. The molecule has 0 spiro atoms. The first-order valence-electron chi connectivity index (χ1n) is 7.40. The van der Waals surface area contributed by atoms with E-state index < -0.39 is 0 Å². The van der Waals surface area contributed by atoms with Crippen LogP contribution in [-0.2, 0) is 7.05 Å². The van der Waals surface area contributed by atoms with E-state index in [1.807, 2.05) is 6.08 Å². The molecule has 2 heterocycles. The highest BCUT2D eigenvalue weighted by atomic mass is 32.1. The van der Waals surface area contributed by atoms with Crippen molar-refractivity contribution in [3.8, 4) is 0 Å². The van der Waals surface area contributed by atoms with Crippen molar-refractivity contribution in [1.29, 1.82) is 0 Å². The van der Waals surface area contributed by atoms with Gasteiger partial charge in [0.15, 0.2) is 5.11 Å². The Morgan fingerprint density at radius 2 is 2.30 bits per heavy atom. The Labute approximate surface area is 127 Å². The van der Waals surface area contributed by atoms with Crippen LogP contribution in [0.25, 0.3) is 0 Å². The molecule has 0 aliphatic carbocycles. The topological polar surface area (TPSA) is 20.2 Å². The van der Waals surface area contributed by atoms with Gasteiger partial charge in [0.2, 0.25) is 0 Å². The second-order valence-corrected chi connectivity index (χ2v) is 6.09. The molecule has 1 fully saturated rings. The number of nitrogens with zero attached hydrogens (tertiary/aromatic N) is 2. The van der Waals surface area contributed by atoms with E-state index >= 15 is 0 Å². The lowest BCUT2D eigenvalue weighted by Gasteiger charge is -2.32. The van der Waals surface area contributed by atoms with Crippen LogP contribution in [0.5, 0.6) is 0 Å². The zero-order chi connectivity index (χ0) is 14.5. The lowest BCUT2D eigenvalue weighted by Crippen LogP contribution is -2.42. The molecule has 0 unspecified atom stereocenters. The Kier molecular flexibility index (Phi) is 5.24. The van der Waals surface area contributed by atoms with Crippen molar-refractivity contribution < 1.29 is 0 Å². The summed E-state index contributed by atoms with van der Waals surface area (Å²) in [7, 11) is 2.11. The van der Waals surface area contributed by atoms with Gasteiger partial charge in [0.05, 0.1) is 6.04 Å². The van der Waals surface area contributed by atoms with Crippen LogP contribution in [0.2, 0.25) is 0 Å². The van der Waals surface area contributed by atoms with Gasteiger partial charge in [0.1, 0.15) is 0 Å². The number of aromatic nitrogens is 1. The third-order valence-corrected chi connectivity index (χ3v) is 4.53. The van der Waals surface area contributed by atoms with Crippen LogP contribution >= 0.6 is 12.2 Å². The first-order valence-corrected chi connectivity index (χ1v) is 7.81. The molecule has 1 saturated heterocycles. The van der Waals surface area contributed by atoms with E-state index in [0.29, 0.717) is 6.04 Å². The van der Waals surface area contributed by atoms with Crippen molar-refractivity contribution in [2.75, 3.05) is 13.1 Å². The summed E-state index contributed by atoms with van der Waals surface area (Å²) in [6.07, 6.45) is 7.59. The lowest BCUT2D eigenvalue weighted by molar-refractivity contribution is 0.307. The van der Waals surface area contributed by atoms with Crippen molar-refractivity contribution in [1.82, 2.24) is 14.8 Å². The molecular formula is C16H25N3S. The minimum Gasteiger partial charge on any atom is -0.359 e. The smallest absolute Gasteiger partial charge is 0.169 e. The molecule has 1 aromatic rings. The Morgan fingerprint density at radius 3 is 2.95 bits per heavy atom. The van der Waals surface area contributed by atoms with E-state index in [-0.39, 0.29) is 0 Å². The monoisotopic (exact) mass is 291 g/mol. The van der Waals surface area contributed by atoms with Gasteiger partial charge in [-0.2, -0.15) is 0 Å². The fraction of sp³-hybridized carbons (Fsp3) is 0.562. The molecule has 1 aliphatic heterocycles. The summed E-state index contributed by atoms with van der Waals surface area (Å²) >= 11 is 5.59. The summed E-state index contributed by atoms with van der Waals surface area (Å²) in [5.41, 5.74) is 1.35. The molecule has 2 rings (SSSR count). The molecule has 0 radical (unpaired) electrons. The highest BCUT2D eigenvalue weighted by Gasteiger charge is 2.27. The van der Waals surface area contributed by atoms with E-state index in [4.69, 9.17) is 12.2 Å². The van der Waals surface area contributed by atoms with Gasteiger partial charge in [-0.15, -0.1) is 6.58 Å². The van der Waals surface area contributed by atoms with E-state index in [2.05, 4.69) is 53.7 Å². The summed E-state index contributed by atoms with van der Waals surface area (Å²) in [6.45, 7) is 7.84. The van der Waals surface area contributed by atoms with Gasteiger partial charge in [0, 0.05) is 32.0 Å². The first kappa shape index (κ1) is 15.1. The van der Waals surface area contributed by atoms with Gasteiger partial charge in [-0.25, -0.2) is 0 Å². The number of nitrogens with one attached hydrogen (secondary N) is 1. The highest BCUT2D eigenvalue weighted by molar-refractivity contribution is 7.80. The van der Waals surface area contributed by atoms with Crippen LogP contribution in [-0.4, -0.2) is 27.7 Å². The molecular weight excluding hydrogens is 266 g/mol. The second-order valence-electron chi connectivity index (χ2n) is 5.70. The molecule has 1 aliphatic rings. The zero-order valence-corrected chi connectivity index (χ0v) is 13.3. The van der Waals surface area contributed by atoms with E-state index in [9.17, 15) is 0 Å². The second kappa shape index (κ2) is 6.93. The van der Waals surface area contributed by atoms with Gasteiger partial charge in [-0.1, -0.05) is 13.0 Å². The summed E-state index contributed by atoms with van der Waals surface area (Å²) < 4.78 is 2.21. The fourth-order valence-corrected chi connectivity index (χ4v) is 3.19. The van der Waals surface area contributed by atoms with E-state index in [1.165, 1.54) is 18.5 Å². The fourth-order valence-electron chi connectivity index (χ4n) is 2.89. The Bertz CT molecular complexity index is 466. The van der Waals surface area contributed by atoms with Gasteiger partial charge in [-0.3, -0.25) is 0 Å². The molecule has 2 atom stereocenters. The molecule has 3 nitrogen and oxygen atoms in total. The van der Waals surface area contributed by atoms with Crippen LogP contribution < -0.4 is 5.32 Å². The maximum absolute atomic E-state index is 5.59. The third kappa shape index (κ3) is 3.42. The maximum Gasteiger partial charge on any atom is 0.169 e. The maximum atomic E-state index is 5.59. The average molecular weight is 291 g/mol. The molecule has 20 heavy (non-hydrogen) atoms. The molecule has 0 aromatic carbocycles. The van der Waals surface area contributed by atoms with Gasteiger partial charge >= 0.3 is 0 Å². The molecule has 110 valence electrons. The largest absolute Gasteiger partial charge is 0.359 e. The van der Waals surface area contributed by atoms with Crippen molar-refractivity contribution in [3.05, 3.63) is 36.7 Å². The molecule has 0 amide bonds. The minimum absolute atomic E-state index is 0.379. The quantitative estimate of drug-likeness (QED) is 0.682. The summed E-state index contributed by atoms with van der Waals surface area (Å²) in [5.74, 6) is 0.768. The van der Waals surface area contributed by atoms with Crippen LogP contribution in [0.15, 0.2) is 31.0 Å². The van der Waals surface area contributed by atoms with Crippen LogP contribution in [0.1, 0.15) is 37.9 Å². The third-order valence-electron chi connectivity index (χ3n) is 4.16.